The van der Waals surface area contributed by atoms with Crippen LogP contribution in [0.15, 0.2) is 47.9 Å². The van der Waals surface area contributed by atoms with E-state index >= 15 is 0 Å². The van der Waals surface area contributed by atoms with E-state index in [1.54, 1.807) is 18.2 Å². The minimum atomic E-state index is -1.10. The van der Waals surface area contributed by atoms with Gasteiger partial charge < -0.3 is 20.1 Å². The molecular formula is C23H22ClN3O5. The van der Waals surface area contributed by atoms with Crippen LogP contribution in [0.2, 0.25) is 5.02 Å². The highest BCUT2D eigenvalue weighted by atomic mass is 35.5. The molecule has 2 aliphatic rings. The van der Waals surface area contributed by atoms with Gasteiger partial charge in [0.25, 0.3) is 5.91 Å². The number of pyridine rings is 1. The van der Waals surface area contributed by atoms with Crippen LogP contribution in [0.3, 0.4) is 0 Å². The fourth-order valence-corrected chi connectivity index (χ4v) is 4.12. The van der Waals surface area contributed by atoms with E-state index in [1.165, 1.54) is 23.2 Å². The van der Waals surface area contributed by atoms with Crippen molar-refractivity contribution in [1.82, 2.24) is 9.88 Å². The van der Waals surface area contributed by atoms with Crippen molar-refractivity contribution in [2.45, 2.75) is 32.7 Å². The van der Waals surface area contributed by atoms with Crippen molar-refractivity contribution in [3.05, 3.63) is 64.0 Å². The summed E-state index contributed by atoms with van der Waals surface area (Å²) in [5.41, 5.74) is 1.64. The van der Waals surface area contributed by atoms with Crippen LogP contribution in [-0.2, 0) is 16.0 Å². The Morgan fingerprint density at radius 1 is 1.28 bits per heavy atom. The number of carbonyl (C=O) groups excluding carboxylic acids is 2. The van der Waals surface area contributed by atoms with Gasteiger partial charge in [-0.05, 0) is 36.6 Å². The Labute approximate surface area is 189 Å². The quantitative estimate of drug-likeness (QED) is 0.689. The molecule has 166 valence electrons. The molecule has 8 nitrogen and oxygen atoms in total. The monoisotopic (exact) mass is 455 g/mol. The molecule has 0 unspecified atom stereocenters. The van der Waals surface area contributed by atoms with Crippen LogP contribution in [0, 0.1) is 5.92 Å². The highest BCUT2D eigenvalue weighted by molar-refractivity contribution is 6.31. The summed E-state index contributed by atoms with van der Waals surface area (Å²) in [6.07, 6.45) is 2.10. The van der Waals surface area contributed by atoms with Crippen LogP contribution in [0.4, 0.5) is 5.82 Å². The standard InChI is InChI=1S/C23H22ClN3O5/c1-12(2)8-17(21(28)26-19-7-6-13(10-25-19)23(30)31)27-11-14-9-15-16(24)4-3-5-18(15)32-20(14)22(27)29/h3-7,10,12,17H,8-9,11H2,1-2H3,(H,30,31)(H,25,26,28)/t17-/m0/s1. The number of hydrogen-bond donors (Lipinski definition) is 2. The lowest BCUT2D eigenvalue weighted by molar-refractivity contribution is -0.135. The topological polar surface area (TPSA) is 109 Å². The molecule has 1 aromatic heterocycles. The number of halogens is 1. The first-order valence-corrected chi connectivity index (χ1v) is 10.6. The maximum atomic E-state index is 13.2. The Morgan fingerprint density at radius 3 is 2.72 bits per heavy atom. The number of fused-ring (bicyclic) bond motifs is 1. The molecule has 0 fully saturated rings. The number of nitrogens with one attached hydrogen (secondary N) is 1. The number of aromatic carboxylic acids is 1. The number of nitrogens with zero attached hydrogens (tertiary/aromatic N) is 2. The van der Waals surface area contributed by atoms with Crippen LogP contribution >= 0.6 is 11.6 Å². The van der Waals surface area contributed by atoms with E-state index in [-0.39, 0.29) is 35.5 Å². The van der Waals surface area contributed by atoms with E-state index in [9.17, 15) is 14.4 Å². The Kier molecular flexibility index (Phi) is 5.88. The molecule has 2 amide bonds. The van der Waals surface area contributed by atoms with E-state index in [0.717, 1.165) is 11.1 Å². The van der Waals surface area contributed by atoms with Gasteiger partial charge in [-0.2, -0.15) is 0 Å². The van der Waals surface area contributed by atoms with Gasteiger partial charge in [0.1, 0.15) is 17.6 Å². The zero-order valence-corrected chi connectivity index (χ0v) is 18.3. The van der Waals surface area contributed by atoms with Gasteiger partial charge in [0.15, 0.2) is 5.76 Å². The predicted molar refractivity (Wildman–Crippen MR) is 118 cm³/mol. The van der Waals surface area contributed by atoms with Crippen molar-refractivity contribution in [1.29, 1.82) is 0 Å². The van der Waals surface area contributed by atoms with Crippen LogP contribution in [0.25, 0.3) is 0 Å². The molecule has 32 heavy (non-hydrogen) atoms. The zero-order chi connectivity index (χ0) is 23.0. The van der Waals surface area contributed by atoms with Crippen LogP contribution in [0.1, 0.15) is 36.2 Å². The summed E-state index contributed by atoms with van der Waals surface area (Å²) < 4.78 is 5.87. The van der Waals surface area contributed by atoms with E-state index in [0.29, 0.717) is 23.6 Å². The average molecular weight is 456 g/mol. The molecule has 2 N–H and O–H groups in total. The van der Waals surface area contributed by atoms with Gasteiger partial charge >= 0.3 is 5.97 Å². The van der Waals surface area contributed by atoms with E-state index in [4.69, 9.17) is 21.4 Å². The third-order valence-electron chi connectivity index (χ3n) is 5.45. The third kappa shape index (κ3) is 4.18. The fourth-order valence-electron chi connectivity index (χ4n) is 3.89. The SMILES string of the molecule is CC(C)C[C@@H](C(=O)Nc1ccc(C(=O)O)cn1)N1CC2=C(Oc3cccc(Cl)c3C2)C1=O. The summed E-state index contributed by atoms with van der Waals surface area (Å²) in [6, 6.07) is 7.36. The Bertz CT molecular complexity index is 1130. The maximum absolute atomic E-state index is 13.2. The lowest BCUT2D eigenvalue weighted by atomic mass is 10.0. The smallest absolute Gasteiger partial charge is 0.337 e. The second kappa shape index (κ2) is 8.63. The normalized spacial score (nSPS) is 15.9. The number of hydrogen-bond acceptors (Lipinski definition) is 5. The van der Waals surface area contributed by atoms with Gasteiger partial charge in [0, 0.05) is 35.3 Å². The Hall–Kier alpha value is -3.39. The van der Waals surface area contributed by atoms with Crippen molar-refractivity contribution < 1.29 is 24.2 Å². The molecule has 4 rings (SSSR count). The number of amides is 2. The maximum Gasteiger partial charge on any atom is 0.337 e. The van der Waals surface area contributed by atoms with Gasteiger partial charge in [0.05, 0.1) is 5.56 Å². The van der Waals surface area contributed by atoms with E-state index in [2.05, 4.69) is 10.3 Å². The van der Waals surface area contributed by atoms with Crippen molar-refractivity contribution in [2.75, 3.05) is 11.9 Å². The van der Waals surface area contributed by atoms with Gasteiger partial charge in [-0.25, -0.2) is 9.78 Å². The fraction of sp³-hybridized carbons (Fsp3) is 0.304. The van der Waals surface area contributed by atoms with Crippen LogP contribution < -0.4 is 10.1 Å². The molecule has 0 aliphatic carbocycles. The average Bonchev–Trinajstić information content (AvgIpc) is 3.07. The van der Waals surface area contributed by atoms with Gasteiger partial charge in [-0.3, -0.25) is 9.59 Å². The Morgan fingerprint density at radius 2 is 2.06 bits per heavy atom. The molecule has 2 aliphatic heterocycles. The molecule has 9 heteroatoms. The molecule has 3 heterocycles. The number of anilines is 1. The first kappa shape index (κ1) is 21.8. The number of carboxylic acids is 1. The molecule has 1 aromatic carbocycles. The molecule has 0 saturated carbocycles. The highest BCUT2D eigenvalue weighted by Crippen LogP contribution is 2.39. The third-order valence-corrected chi connectivity index (χ3v) is 5.80. The molecule has 0 bridgehead atoms. The minimum Gasteiger partial charge on any atom is -0.478 e. The minimum absolute atomic E-state index is 0.0173. The van der Waals surface area contributed by atoms with Crippen molar-refractivity contribution >= 4 is 35.2 Å². The molecule has 2 aromatic rings. The first-order chi connectivity index (χ1) is 15.2. The zero-order valence-electron chi connectivity index (χ0n) is 17.6. The molecule has 0 radical (unpaired) electrons. The van der Waals surface area contributed by atoms with Crippen molar-refractivity contribution in [2.24, 2.45) is 5.92 Å². The Balaban J connectivity index is 1.54. The second-order valence-electron chi connectivity index (χ2n) is 8.23. The number of carbonyl (C=O) groups is 3. The molecular weight excluding hydrogens is 434 g/mol. The second-order valence-corrected chi connectivity index (χ2v) is 8.64. The summed E-state index contributed by atoms with van der Waals surface area (Å²) in [7, 11) is 0. The molecule has 0 spiro atoms. The summed E-state index contributed by atoms with van der Waals surface area (Å²) >= 11 is 6.30. The van der Waals surface area contributed by atoms with E-state index < -0.39 is 17.9 Å². The van der Waals surface area contributed by atoms with Crippen LogP contribution in [0.5, 0.6) is 5.75 Å². The number of rotatable bonds is 6. The number of ether oxygens (including phenoxy) is 1. The van der Waals surface area contributed by atoms with Crippen molar-refractivity contribution in [3.8, 4) is 5.75 Å². The number of benzene rings is 1. The van der Waals surface area contributed by atoms with Gasteiger partial charge in [-0.1, -0.05) is 31.5 Å². The lowest BCUT2D eigenvalue weighted by Crippen LogP contribution is -2.46. The largest absolute Gasteiger partial charge is 0.478 e. The summed E-state index contributed by atoms with van der Waals surface area (Å²) in [5.74, 6) is -0.656. The van der Waals surface area contributed by atoms with Gasteiger partial charge in [0.2, 0.25) is 5.91 Å². The summed E-state index contributed by atoms with van der Waals surface area (Å²) in [5, 5.41) is 12.3. The number of aromatic nitrogens is 1. The number of carboxylic acid groups (broad SMARTS) is 1. The highest BCUT2D eigenvalue weighted by Gasteiger charge is 2.42. The predicted octanol–water partition coefficient (Wildman–Crippen LogP) is 3.52. The van der Waals surface area contributed by atoms with Gasteiger partial charge in [-0.15, -0.1) is 0 Å². The van der Waals surface area contributed by atoms with Crippen LogP contribution in [-0.4, -0.2) is 45.4 Å². The first-order valence-electron chi connectivity index (χ1n) is 10.2. The lowest BCUT2D eigenvalue weighted by Gasteiger charge is -2.28. The summed E-state index contributed by atoms with van der Waals surface area (Å²) in [4.78, 5) is 42.8. The van der Waals surface area contributed by atoms with E-state index in [1.807, 2.05) is 13.8 Å². The van der Waals surface area contributed by atoms with Crippen molar-refractivity contribution in [3.63, 3.8) is 0 Å². The summed E-state index contributed by atoms with van der Waals surface area (Å²) in [6.45, 7) is 4.22. The molecule has 0 saturated heterocycles. The molecule has 1 atom stereocenters.